The van der Waals surface area contributed by atoms with Crippen LogP contribution in [-0.4, -0.2) is 30.2 Å². The molecule has 0 amide bonds. The summed E-state index contributed by atoms with van der Waals surface area (Å²) in [6.07, 6.45) is 3.87. The fourth-order valence-electron chi connectivity index (χ4n) is 1.93. The van der Waals surface area contributed by atoms with Gasteiger partial charge in [0.15, 0.2) is 0 Å². The van der Waals surface area contributed by atoms with E-state index in [-0.39, 0.29) is 5.75 Å². The van der Waals surface area contributed by atoms with Crippen LogP contribution in [0, 0.1) is 0 Å². The van der Waals surface area contributed by atoms with E-state index in [9.17, 15) is 8.42 Å². The number of anilines is 1. The summed E-state index contributed by atoms with van der Waals surface area (Å²) in [5, 5.41) is 4.37. The minimum Gasteiger partial charge on any atom is -0.396 e. The van der Waals surface area contributed by atoms with Gasteiger partial charge in [0.25, 0.3) is 0 Å². The minimum atomic E-state index is -3.00. The van der Waals surface area contributed by atoms with Crippen LogP contribution in [0.5, 0.6) is 0 Å². The summed E-state index contributed by atoms with van der Waals surface area (Å²) in [6.45, 7) is 2.42. The molecule has 0 saturated carbocycles. The third-order valence-electron chi connectivity index (χ3n) is 3.12. The minimum absolute atomic E-state index is 0.0579. The van der Waals surface area contributed by atoms with Gasteiger partial charge in [0, 0.05) is 18.0 Å². The Morgan fingerprint density at radius 1 is 1.25 bits per heavy atom. The van der Waals surface area contributed by atoms with Crippen LogP contribution in [0.15, 0.2) is 30.5 Å². The molecule has 0 atom stereocenters. The van der Waals surface area contributed by atoms with E-state index in [1.54, 1.807) is 10.9 Å². The van der Waals surface area contributed by atoms with Crippen LogP contribution in [-0.2, 0) is 22.8 Å². The Morgan fingerprint density at radius 3 is 2.45 bits per heavy atom. The van der Waals surface area contributed by atoms with E-state index in [1.807, 2.05) is 24.3 Å². The Bertz CT molecular complexity index is 688. The van der Waals surface area contributed by atoms with Gasteiger partial charge in [0.05, 0.1) is 18.0 Å². The topological polar surface area (TPSA) is 78.0 Å². The van der Waals surface area contributed by atoms with E-state index in [0.29, 0.717) is 17.9 Å². The van der Waals surface area contributed by atoms with Gasteiger partial charge in [0.2, 0.25) is 0 Å². The molecule has 2 rings (SSSR count). The van der Waals surface area contributed by atoms with Crippen LogP contribution in [0.4, 0.5) is 5.69 Å². The second-order valence-corrected chi connectivity index (χ2v) is 7.14. The molecule has 0 saturated heterocycles. The molecule has 1 aromatic carbocycles. The molecule has 1 aromatic heterocycles. The van der Waals surface area contributed by atoms with Crippen LogP contribution in [0.2, 0.25) is 0 Å². The van der Waals surface area contributed by atoms with Crippen molar-refractivity contribution in [2.24, 2.45) is 0 Å². The quantitative estimate of drug-likeness (QED) is 0.911. The van der Waals surface area contributed by atoms with Crippen molar-refractivity contribution in [2.45, 2.75) is 19.9 Å². The first kappa shape index (κ1) is 14.6. The lowest BCUT2D eigenvalue weighted by Crippen LogP contribution is -2.11. The van der Waals surface area contributed by atoms with Gasteiger partial charge in [-0.25, -0.2) is 8.42 Å². The van der Waals surface area contributed by atoms with Crippen LogP contribution >= 0.6 is 0 Å². The zero-order chi connectivity index (χ0) is 14.8. The van der Waals surface area contributed by atoms with Gasteiger partial charge < -0.3 is 5.73 Å². The summed E-state index contributed by atoms with van der Waals surface area (Å²) in [5.74, 6) is 0.0579. The van der Waals surface area contributed by atoms with Crippen LogP contribution in [0.1, 0.15) is 12.5 Å². The number of benzene rings is 1. The lowest BCUT2D eigenvalue weighted by atomic mass is 10.1. The second-order valence-electron chi connectivity index (χ2n) is 4.88. The Morgan fingerprint density at radius 2 is 1.90 bits per heavy atom. The number of aryl methyl sites for hydroxylation is 2. The Kier molecular flexibility index (Phi) is 4.13. The normalized spacial score (nSPS) is 11.7. The molecule has 0 fully saturated rings. The standard InChI is InChI=1S/C14H19N3O2S/c1-3-11-4-6-12(7-5-11)14-13(15)10-17(16-14)8-9-20(2,18)19/h4-7,10H,3,8-9,15H2,1-2H3. The van der Waals surface area contributed by atoms with Gasteiger partial charge in [-0.05, 0) is 12.0 Å². The van der Waals surface area contributed by atoms with E-state index in [0.717, 1.165) is 12.0 Å². The number of nitrogen functional groups attached to an aromatic ring is 1. The van der Waals surface area contributed by atoms with Crippen molar-refractivity contribution in [1.82, 2.24) is 9.78 Å². The number of sulfone groups is 1. The Balaban J connectivity index is 2.22. The predicted molar refractivity (Wildman–Crippen MR) is 81.2 cm³/mol. The van der Waals surface area contributed by atoms with Gasteiger partial charge in [0.1, 0.15) is 15.5 Å². The van der Waals surface area contributed by atoms with Crippen molar-refractivity contribution in [2.75, 3.05) is 17.7 Å². The van der Waals surface area contributed by atoms with Crippen molar-refractivity contribution < 1.29 is 8.42 Å². The highest BCUT2D eigenvalue weighted by Gasteiger charge is 2.10. The van der Waals surface area contributed by atoms with Gasteiger partial charge in [-0.15, -0.1) is 0 Å². The number of nitrogens with two attached hydrogens (primary N) is 1. The van der Waals surface area contributed by atoms with Gasteiger partial charge >= 0.3 is 0 Å². The number of rotatable bonds is 5. The van der Waals surface area contributed by atoms with Gasteiger partial charge in [-0.1, -0.05) is 31.2 Å². The molecule has 5 nitrogen and oxygen atoms in total. The molecule has 2 aromatic rings. The summed E-state index contributed by atoms with van der Waals surface area (Å²) >= 11 is 0. The molecule has 0 aliphatic heterocycles. The lowest BCUT2D eigenvalue weighted by molar-refractivity contribution is 0.586. The van der Waals surface area contributed by atoms with Crippen molar-refractivity contribution in [3.05, 3.63) is 36.0 Å². The monoisotopic (exact) mass is 293 g/mol. The summed E-state index contributed by atoms with van der Waals surface area (Å²) in [6, 6.07) is 8.06. The zero-order valence-corrected chi connectivity index (χ0v) is 12.5. The molecule has 0 bridgehead atoms. The molecule has 0 spiro atoms. The number of hydrogen-bond donors (Lipinski definition) is 1. The Hall–Kier alpha value is -1.82. The van der Waals surface area contributed by atoms with Gasteiger partial charge in [-0.3, -0.25) is 4.68 Å². The molecule has 1 heterocycles. The maximum atomic E-state index is 11.2. The SMILES string of the molecule is CCc1ccc(-c2nn(CCS(C)(=O)=O)cc2N)cc1. The van der Waals surface area contributed by atoms with E-state index in [1.165, 1.54) is 11.8 Å². The highest BCUT2D eigenvalue weighted by Crippen LogP contribution is 2.24. The zero-order valence-electron chi connectivity index (χ0n) is 11.7. The third kappa shape index (κ3) is 3.60. The average molecular weight is 293 g/mol. The molecule has 6 heteroatoms. The Labute approximate surface area is 119 Å². The number of hydrogen-bond acceptors (Lipinski definition) is 4. The lowest BCUT2D eigenvalue weighted by Gasteiger charge is -2.01. The smallest absolute Gasteiger partial charge is 0.149 e. The molecule has 2 N–H and O–H groups in total. The molecule has 0 aliphatic carbocycles. The first-order valence-corrected chi connectivity index (χ1v) is 8.55. The van der Waals surface area contributed by atoms with Crippen molar-refractivity contribution in [3.8, 4) is 11.3 Å². The van der Waals surface area contributed by atoms with Crippen LogP contribution < -0.4 is 5.73 Å². The second kappa shape index (κ2) is 5.66. The maximum Gasteiger partial charge on any atom is 0.149 e. The first-order chi connectivity index (χ1) is 9.39. The molecular weight excluding hydrogens is 274 g/mol. The van der Waals surface area contributed by atoms with Crippen molar-refractivity contribution in [1.29, 1.82) is 0 Å². The average Bonchev–Trinajstić information content (AvgIpc) is 2.77. The van der Waals surface area contributed by atoms with Crippen molar-refractivity contribution in [3.63, 3.8) is 0 Å². The van der Waals surface area contributed by atoms with E-state index >= 15 is 0 Å². The molecule has 0 aliphatic rings. The fourth-order valence-corrected chi connectivity index (χ4v) is 2.45. The third-order valence-corrected chi connectivity index (χ3v) is 4.04. The molecule has 0 radical (unpaired) electrons. The van der Waals surface area contributed by atoms with E-state index in [4.69, 9.17) is 5.73 Å². The largest absolute Gasteiger partial charge is 0.396 e. The summed E-state index contributed by atoms with van der Waals surface area (Å²) in [7, 11) is -3.00. The summed E-state index contributed by atoms with van der Waals surface area (Å²) in [4.78, 5) is 0. The van der Waals surface area contributed by atoms with Crippen LogP contribution in [0.25, 0.3) is 11.3 Å². The maximum absolute atomic E-state index is 11.2. The van der Waals surface area contributed by atoms with E-state index in [2.05, 4.69) is 12.0 Å². The fraction of sp³-hybridized carbons (Fsp3) is 0.357. The van der Waals surface area contributed by atoms with E-state index < -0.39 is 9.84 Å². The number of aromatic nitrogens is 2. The highest BCUT2D eigenvalue weighted by molar-refractivity contribution is 7.90. The molecule has 0 unspecified atom stereocenters. The van der Waals surface area contributed by atoms with Crippen LogP contribution in [0.3, 0.4) is 0 Å². The number of nitrogens with zero attached hydrogens (tertiary/aromatic N) is 2. The summed E-state index contributed by atoms with van der Waals surface area (Å²) < 4.78 is 23.9. The highest BCUT2D eigenvalue weighted by atomic mass is 32.2. The van der Waals surface area contributed by atoms with Gasteiger partial charge in [-0.2, -0.15) is 5.10 Å². The molecular formula is C14H19N3O2S. The molecule has 108 valence electrons. The summed E-state index contributed by atoms with van der Waals surface area (Å²) in [5.41, 5.74) is 9.40. The predicted octanol–water partition coefficient (Wildman–Crippen LogP) is 1.74. The van der Waals surface area contributed by atoms with Crippen molar-refractivity contribution >= 4 is 15.5 Å². The first-order valence-electron chi connectivity index (χ1n) is 6.49. The molecule has 20 heavy (non-hydrogen) atoms.